The Balaban J connectivity index is 1.62. The average Bonchev–Trinajstić information content (AvgIpc) is 2.81. The van der Waals surface area contributed by atoms with Gasteiger partial charge in [-0.1, -0.05) is 15.9 Å². The van der Waals surface area contributed by atoms with E-state index < -0.39 is 5.60 Å². The van der Waals surface area contributed by atoms with Crippen LogP contribution in [0.2, 0.25) is 0 Å². The van der Waals surface area contributed by atoms with Crippen molar-refractivity contribution in [3.05, 3.63) is 27.7 Å². The summed E-state index contributed by atoms with van der Waals surface area (Å²) in [6, 6.07) is 5.07. The van der Waals surface area contributed by atoms with E-state index in [1.807, 2.05) is 25.7 Å². The molecule has 5 heteroatoms. The van der Waals surface area contributed by atoms with Gasteiger partial charge in [-0.15, -0.1) is 0 Å². The standard InChI is InChI=1S/C19H25BrN2O2/c1-19(2,3)24-18(23)21-8-6-16-15(11-21)14-10-13(20)9-12-5-4-7-22(16)17(12)14/h9-10,15-16H,4-8,11H2,1-3H3/t15?,16-/m0/s1. The molecule has 1 aromatic rings. The minimum atomic E-state index is -0.438. The van der Waals surface area contributed by atoms with Crippen LogP contribution in [0.5, 0.6) is 0 Å². The molecule has 1 aromatic carbocycles. The normalized spacial score (nSPS) is 25.3. The van der Waals surface area contributed by atoms with Crippen LogP contribution >= 0.6 is 15.9 Å². The fourth-order valence-electron chi connectivity index (χ4n) is 4.50. The van der Waals surface area contributed by atoms with E-state index in [0.717, 1.165) is 36.9 Å². The molecule has 4 rings (SSSR count). The minimum Gasteiger partial charge on any atom is -0.444 e. The number of ether oxygens (including phenoxy) is 1. The minimum absolute atomic E-state index is 0.175. The first kappa shape index (κ1) is 16.2. The van der Waals surface area contributed by atoms with Gasteiger partial charge in [-0.3, -0.25) is 0 Å². The number of halogens is 1. The van der Waals surface area contributed by atoms with Gasteiger partial charge in [0.25, 0.3) is 0 Å². The van der Waals surface area contributed by atoms with Crippen LogP contribution in [0.25, 0.3) is 0 Å². The Morgan fingerprint density at radius 2 is 2.08 bits per heavy atom. The molecular formula is C19H25BrN2O2. The summed E-state index contributed by atoms with van der Waals surface area (Å²) >= 11 is 3.68. The lowest BCUT2D eigenvalue weighted by molar-refractivity contribution is 0.0189. The predicted octanol–water partition coefficient (Wildman–Crippen LogP) is 4.31. The lowest BCUT2D eigenvalue weighted by Crippen LogP contribution is -2.49. The van der Waals surface area contributed by atoms with Gasteiger partial charge in [0, 0.05) is 41.8 Å². The van der Waals surface area contributed by atoms with Crippen molar-refractivity contribution in [3.8, 4) is 0 Å². The summed E-state index contributed by atoms with van der Waals surface area (Å²) in [6.45, 7) is 8.48. The Kier molecular flexibility index (Phi) is 3.83. The van der Waals surface area contributed by atoms with Crippen LogP contribution in [0.3, 0.4) is 0 Å². The molecule has 0 bridgehead atoms. The molecular weight excluding hydrogens is 368 g/mol. The number of hydrogen-bond donors (Lipinski definition) is 0. The molecule has 24 heavy (non-hydrogen) atoms. The Hall–Kier alpha value is -1.23. The molecule has 3 heterocycles. The third kappa shape index (κ3) is 2.71. The zero-order chi connectivity index (χ0) is 17.1. The SMILES string of the molecule is CC(C)(C)OC(=O)N1CC[C@H]2C(C1)c1cc(Br)cc3c1N2CCC3. The van der Waals surface area contributed by atoms with E-state index >= 15 is 0 Å². The van der Waals surface area contributed by atoms with Crippen molar-refractivity contribution in [1.82, 2.24) is 4.90 Å². The number of carbonyl (C=O) groups excluding carboxylic acids is 1. The van der Waals surface area contributed by atoms with Crippen molar-refractivity contribution in [3.63, 3.8) is 0 Å². The smallest absolute Gasteiger partial charge is 0.410 e. The van der Waals surface area contributed by atoms with Gasteiger partial charge in [-0.05, 0) is 63.3 Å². The highest BCUT2D eigenvalue weighted by atomic mass is 79.9. The van der Waals surface area contributed by atoms with Crippen molar-refractivity contribution in [2.45, 2.75) is 57.6 Å². The van der Waals surface area contributed by atoms with E-state index in [4.69, 9.17) is 4.74 Å². The number of likely N-dealkylation sites (tertiary alicyclic amines) is 1. The first-order valence-electron chi connectivity index (χ1n) is 8.90. The number of nitrogens with zero attached hydrogens (tertiary/aromatic N) is 2. The summed E-state index contributed by atoms with van der Waals surface area (Å²) < 4.78 is 6.75. The lowest BCUT2D eigenvalue weighted by Gasteiger charge is -2.40. The van der Waals surface area contributed by atoms with Crippen LogP contribution in [0.1, 0.15) is 50.7 Å². The van der Waals surface area contributed by atoms with Gasteiger partial charge in [0.05, 0.1) is 0 Å². The van der Waals surface area contributed by atoms with Gasteiger partial charge >= 0.3 is 6.09 Å². The molecule has 1 saturated heterocycles. The van der Waals surface area contributed by atoms with Crippen molar-refractivity contribution >= 4 is 27.7 Å². The third-order valence-electron chi connectivity index (χ3n) is 5.34. The molecule has 4 nitrogen and oxygen atoms in total. The number of piperidine rings is 1. The van der Waals surface area contributed by atoms with Gasteiger partial charge in [0.15, 0.2) is 0 Å². The number of rotatable bonds is 0. The third-order valence-corrected chi connectivity index (χ3v) is 5.80. The lowest BCUT2D eigenvalue weighted by atomic mass is 9.89. The van der Waals surface area contributed by atoms with E-state index in [1.165, 1.54) is 23.2 Å². The molecule has 0 N–H and O–H groups in total. The van der Waals surface area contributed by atoms with Crippen molar-refractivity contribution in [2.24, 2.45) is 0 Å². The van der Waals surface area contributed by atoms with Crippen molar-refractivity contribution < 1.29 is 9.53 Å². The van der Waals surface area contributed by atoms with E-state index in [9.17, 15) is 4.79 Å². The van der Waals surface area contributed by atoms with Gasteiger partial charge in [0.2, 0.25) is 0 Å². The maximum atomic E-state index is 12.5. The largest absolute Gasteiger partial charge is 0.444 e. The Labute approximate surface area is 152 Å². The molecule has 0 saturated carbocycles. The monoisotopic (exact) mass is 392 g/mol. The number of benzene rings is 1. The van der Waals surface area contributed by atoms with E-state index in [2.05, 4.69) is 33.0 Å². The molecule has 0 aliphatic carbocycles. The molecule has 0 aromatic heterocycles. The maximum absolute atomic E-state index is 12.5. The Bertz CT molecular complexity index is 683. The molecule has 3 aliphatic heterocycles. The van der Waals surface area contributed by atoms with Crippen molar-refractivity contribution in [2.75, 3.05) is 24.5 Å². The molecule has 3 aliphatic rings. The molecule has 0 spiro atoms. The van der Waals surface area contributed by atoms with E-state index in [0.29, 0.717) is 12.0 Å². The number of aryl methyl sites for hydroxylation is 1. The number of fused-ring (bicyclic) bond motifs is 3. The van der Waals surface area contributed by atoms with Crippen LogP contribution in [-0.2, 0) is 11.2 Å². The van der Waals surface area contributed by atoms with Gasteiger partial charge in [-0.25, -0.2) is 4.79 Å². The van der Waals surface area contributed by atoms with Crippen LogP contribution < -0.4 is 4.90 Å². The number of hydrogen-bond acceptors (Lipinski definition) is 3. The highest BCUT2D eigenvalue weighted by Crippen LogP contribution is 2.49. The number of anilines is 1. The molecule has 1 fully saturated rings. The summed E-state index contributed by atoms with van der Waals surface area (Å²) in [4.78, 5) is 17.0. The van der Waals surface area contributed by atoms with Gasteiger partial charge in [-0.2, -0.15) is 0 Å². The van der Waals surface area contributed by atoms with Crippen LogP contribution in [0.4, 0.5) is 10.5 Å². The van der Waals surface area contributed by atoms with Crippen LogP contribution in [0.15, 0.2) is 16.6 Å². The fourth-order valence-corrected chi connectivity index (χ4v) is 5.02. The average molecular weight is 393 g/mol. The van der Waals surface area contributed by atoms with E-state index in [1.54, 1.807) is 0 Å². The van der Waals surface area contributed by atoms with Gasteiger partial charge < -0.3 is 14.5 Å². The van der Waals surface area contributed by atoms with Crippen molar-refractivity contribution in [1.29, 1.82) is 0 Å². The summed E-state index contributed by atoms with van der Waals surface area (Å²) in [6.07, 6.45) is 3.23. The quantitative estimate of drug-likeness (QED) is 0.659. The molecule has 2 atom stereocenters. The fraction of sp³-hybridized carbons (Fsp3) is 0.632. The highest BCUT2D eigenvalue weighted by Gasteiger charge is 2.45. The first-order valence-corrected chi connectivity index (χ1v) is 9.70. The van der Waals surface area contributed by atoms with Crippen LogP contribution in [0, 0.1) is 0 Å². The second kappa shape index (κ2) is 5.65. The second-order valence-electron chi connectivity index (χ2n) is 8.19. The summed E-state index contributed by atoms with van der Waals surface area (Å²) in [5.74, 6) is 0.399. The molecule has 1 amide bonds. The summed E-state index contributed by atoms with van der Waals surface area (Å²) in [5, 5.41) is 0. The molecule has 1 unspecified atom stereocenters. The van der Waals surface area contributed by atoms with E-state index in [-0.39, 0.29) is 6.09 Å². The zero-order valence-electron chi connectivity index (χ0n) is 14.6. The zero-order valence-corrected chi connectivity index (χ0v) is 16.2. The molecule has 130 valence electrons. The number of amides is 1. The highest BCUT2D eigenvalue weighted by molar-refractivity contribution is 9.10. The molecule has 0 radical (unpaired) electrons. The number of carbonyl (C=O) groups is 1. The van der Waals surface area contributed by atoms with Gasteiger partial charge in [0.1, 0.15) is 5.60 Å². The summed E-state index contributed by atoms with van der Waals surface area (Å²) in [7, 11) is 0. The predicted molar refractivity (Wildman–Crippen MR) is 98.8 cm³/mol. The Morgan fingerprint density at radius 1 is 1.29 bits per heavy atom. The summed E-state index contributed by atoms with van der Waals surface area (Å²) in [5.41, 5.74) is 3.89. The first-order chi connectivity index (χ1) is 11.3. The Morgan fingerprint density at radius 3 is 2.83 bits per heavy atom. The van der Waals surface area contributed by atoms with Crippen LogP contribution in [-0.4, -0.2) is 42.3 Å². The maximum Gasteiger partial charge on any atom is 0.410 e. The second-order valence-corrected chi connectivity index (χ2v) is 9.10. The topological polar surface area (TPSA) is 32.8 Å².